The van der Waals surface area contributed by atoms with Gasteiger partial charge in [0.2, 0.25) is 0 Å². The number of ether oxygens (including phenoxy) is 1. The molecule has 1 aliphatic heterocycles. The molecule has 1 aromatic rings. The highest BCUT2D eigenvalue weighted by molar-refractivity contribution is 5.90. The summed E-state index contributed by atoms with van der Waals surface area (Å²) in [7, 11) is 1.65. The Labute approximate surface area is 139 Å². The van der Waals surface area contributed by atoms with Crippen LogP contribution in [0.15, 0.2) is 24.3 Å². The number of carbonyl (C=O) groups is 1. The number of nitrogens with zero attached hydrogens (tertiary/aromatic N) is 1. The second-order valence-corrected chi connectivity index (χ2v) is 6.49. The molecule has 0 bridgehead atoms. The monoisotopic (exact) mass is 319 g/mol. The largest absolute Gasteiger partial charge is 0.380 e. The molecule has 2 amide bonds. The molecule has 0 radical (unpaired) electrons. The van der Waals surface area contributed by atoms with Gasteiger partial charge in [0.15, 0.2) is 0 Å². The molecule has 1 aromatic carbocycles. The fourth-order valence-electron chi connectivity index (χ4n) is 2.93. The zero-order chi connectivity index (χ0) is 16.7. The van der Waals surface area contributed by atoms with Crippen LogP contribution in [0.2, 0.25) is 0 Å². The average molecular weight is 319 g/mol. The van der Waals surface area contributed by atoms with E-state index in [4.69, 9.17) is 4.74 Å². The molecule has 1 atom stereocenters. The van der Waals surface area contributed by atoms with E-state index in [9.17, 15) is 4.79 Å². The number of carbonyl (C=O) groups excluding carboxylic acids is 1. The molecule has 1 saturated heterocycles. The quantitative estimate of drug-likeness (QED) is 0.847. The van der Waals surface area contributed by atoms with Crippen molar-refractivity contribution < 1.29 is 9.53 Å². The third-order valence-corrected chi connectivity index (χ3v) is 4.57. The predicted molar refractivity (Wildman–Crippen MR) is 93.6 cm³/mol. The first-order chi connectivity index (χ1) is 11.1. The molecular weight excluding hydrogens is 290 g/mol. The molecule has 2 rings (SSSR count). The Morgan fingerprint density at radius 3 is 2.74 bits per heavy atom. The number of anilines is 1. The van der Waals surface area contributed by atoms with E-state index < -0.39 is 0 Å². The van der Waals surface area contributed by atoms with Crippen molar-refractivity contribution in [3.63, 3.8) is 0 Å². The van der Waals surface area contributed by atoms with Crippen molar-refractivity contribution in [2.24, 2.45) is 5.92 Å². The topological polar surface area (TPSA) is 53.6 Å². The van der Waals surface area contributed by atoms with Crippen LogP contribution in [0.3, 0.4) is 0 Å². The molecule has 1 heterocycles. The molecule has 128 valence electrons. The maximum absolute atomic E-state index is 12.1. The Kier molecular flexibility index (Phi) is 6.86. The maximum atomic E-state index is 12.1. The number of hydrogen-bond acceptors (Lipinski definition) is 3. The van der Waals surface area contributed by atoms with Gasteiger partial charge in [-0.3, -0.25) is 4.90 Å². The maximum Gasteiger partial charge on any atom is 0.319 e. The van der Waals surface area contributed by atoms with E-state index in [1.807, 2.05) is 24.3 Å². The van der Waals surface area contributed by atoms with Crippen molar-refractivity contribution in [2.75, 3.05) is 32.1 Å². The molecular formula is C18H29N3O2. The fourth-order valence-corrected chi connectivity index (χ4v) is 2.93. The summed E-state index contributed by atoms with van der Waals surface area (Å²) < 4.78 is 5.16. The molecule has 2 N–H and O–H groups in total. The lowest BCUT2D eigenvalue weighted by Crippen LogP contribution is -2.46. The van der Waals surface area contributed by atoms with Crippen molar-refractivity contribution in [3.05, 3.63) is 29.8 Å². The van der Waals surface area contributed by atoms with Gasteiger partial charge in [0, 0.05) is 30.9 Å². The standard InChI is InChI=1S/C18H29N3O2/c1-14-8-10-21(11-9-14)15(2)12-19-18(22)20-17-7-5-4-6-16(17)13-23-3/h4-7,14-15H,8-13H2,1-3H3,(H2,19,20,22)/t15-/m1/s1. The fraction of sp³-hybridized carbons (Fsp3) is 0.611. The lowest BCUT2D eigenvalue weighted by atomic mass is 9.98. The first-order valence-corrected chi connectivity index (χ1v) is 8.46. The minimum Gasteiger partial charge on any atom is -0.380 e. The smallest absolute Gasteiger partial charge is 0.319 e. The Hall–Kier alpha value is -1.59. The average Bonchev–Trinajstić information content (AvgIpc) is 2.55. The van der Waals surface area contributed by atoms with Crippen LogP contribution in [0.5, 0.6) is 0 Å². The number of methoxy groups -OCH3 is 1. The van der Waals surface area contributed by atoms with Crippen molar-refractivity contribution in [2.45, 2.75) is 39.3 Å². The third-order valence-electron chi connectivity index (χ3n) is 4.57. The van der Waals surface area contributed by atoms with E-state index in [2.05, 4.69) is 29.4 Å². The lowest BCUT2D eigenvalue weighted by molar-refractivity contribution is 0.146. The van der Waals surface area contributed by atoms with Crippen molar-refractivity contribution >= 4 is 11.7 Å². The van der Waals surface area contributed by atoms with E-state index in [-0.39, 0.29) is 6.03 Å². The number of rotatable bonds is 6. The van der Waals surface area contributed by atoms with Gasteiger partial charge < -0.3 is 15.4 Å². The van der Waals surface area contributed by atoms with E-state index in [1.165, 1.54) is 12.8 Å². The first-order valence-electron chi connectivity index (χ1n) is 8.46. The van der Waals surface area contributed by atoms with Gasteiger partial charge in [0.25, 0.3) is 0 Å². The number of para-hydroxylation sites is 1. The Bertz CT molecular complexity index is 499. The van der Waals surface area contributed by atoms with E-state index >= 15 is 0 Å². The van der Waals surface area contributed by atoms with Crippen molar-refractivity contribution in [3.8, 4) is 0 Å². The third kappa shape index (κ3) is 5.52. The highest BCUT2D eigenvalue weighted by atomic mass is 16.5. The number of nitrogens with one attached hydrogen (secondary N) is 2. The summed E-state index contributed by atoms with van der Waals surface area (Å²) in [6, 6.07) is 7.90. The summed E-state index contributed by atoms with van der Waals surface area (Å²) in [6.45, 7) is 7.89. The van der Waals surface area contributed by atoms with Gasteiger partial charge in [-0.05, 0) is 44.8 Å². The number of piperidine rings is 1. The van der Waals surface area contributed by atoms with Crippen LogP contribution >= 0.6 is 0 Å². The summed E-state index contributed by atoms with van der Waals surface area (Å²) >= 11 is 0. The zero-order valence-electron chi connectivity index (χ0n) is 14.5. The van der Waals surface area contributed by atoms with Crippen LogP contribution in [0, 0.1) is 5.92 Å². The molecule has 0 aliphatic carbocycles. The van der Waals surface area contributed by atoms with E-state index in [0.717, 1.165) is 30.3 Å². The Balaban J connectivity index is 1.79. The van der Waals surface area contributed by atoms with E-state index in [1.54, 1.807) is 7.11 Å². The summed E-state index contributed by atoms with van der Waals surface area (Å²) in [5.74, 6) is 0.826. The molecule has 0 saturated carbocycles. The summed E-state index contributed by atoms with van der Waals surface area (Å²) in [5, 5.41) is 5.89. The predicted octanol–water partition coefficient (Wildman–Crippen LogP) is 3.07. The van der Waals surface area contributed by atoms with Gasteiger partial charge in [-0.25, -0.2) is 4.79 Å². The van der Waals surface area contributed by atoms with Gasteiger partial charge in [0.05, 0.1) is 6.61 Å². The number of hydrogen-bond donors (Lipinski definition) is 2. The summed E-state index contributed by atoms with van der Waals surface area (Å²) in [5.41, 5.74) is 1.77. The zero-order valence-corrected chi connectivity index (χ0v) is 14.5. The van der Waals surface area contributed by atoms with Crippen molar-refractivity contribution in [1.29, 1.82) is 0 Å². The lowest BCUT2D eigenvalue weighted by Gasteiger charge is -2.35. The normalized spacial score (nSPS) is 17.7. The van der Waals surface area contributed by atoms with Crippen LogP contribution in [0.1, 0.15) is 32.3 Å². The Morgan fingerprint density at radius 1 is 1.35 bits per heavy atom. The minimum absolute atomic E-state index is 0.161. The molecule has 1 aliphatic rings. The second-order valence-electron chi connectivity index (χ2n) is 6.49. The molecule has 5 heteroatoms. The molecule has 0 aromatic heterocycles. The van der Waals surface area contributed by atoms with Gasteiger partial charge in [-0.1, -0.05) is 25.1 Å². The molecule has 23 heavy (non-hydrogen) atoms. The summed E-state index contributed by atoms with van der Waals surface area (Å²) in [4.78, 5) is 14.6. The van der Waals surface area contributed by atoms with Gasteiger partial charge in [-0.2, -0.15) is 0 Å². The molecule has 5 nitrogen and oxygen atoms in total. The van der Waals surface area contributed by atoms with Gasteiger partial charge in [-0.15, -0.1) is 0 Å². The minimum atomic E-state index is -0.161. The number of urea groups is 1. The van der Waals surface area contributed by atoms with Gasteiger partial charge >= 0.3 is 6.03 Å². The van der Waals surface area contributed by atoms with Crippen molar-refractivity contribution in [1.82, 2.24) is 10.2 Å². The Morgan fingerprint density at radius 2 is 2.04 bits per heavy atom. The highest BCUT2D eigenvalue weighted by Gasteiger charge is 2.20. The molecule has 1 fully saturated rings. The van der Waals surface area contributed by atoms with Gasteiger partial charge in [0.1, 0.15) is 0 Å². The summed E-state index contributed by atoms with van der Waals surface area (Å²) in [6.07, 6.45) is 2.50. The molecule has 0 unspecified atom stereocenters. The van der Waals surface area contributed by atoms with Crippen LogP contribution < -0.4 is 10.6 Å². The second kappa shape index (κ2) is 8.89. The number of amides is 2. The SMILES string of the molecule is COCc1ccccc1NC(=O)NC[C@@H](C)N1CCC(C)CC1. The highest BCUT2D eigenvalue weighted by Crippen LogP contribution is 2.18. The first kappa shape index (κ1) is 17.8. The van der Waals surface area contributed by atoms with Crippen LogP contribution in [0.25, 0.3) is 0 Å². The van der Waals surface area contributed by atoms with E-state index in [0.29, 0.717) is 19.2 Å². The number of benzene rings is 1. The van der Waals surface area contributed by atoms with Crippen LogP contribution in [-0.2, 0) is 11.3 Å². The number of likely N-dealkylation sites (tertiary alicyclic amines) is 1. The van der Waals surface area contributed by atoms with Crippen LogP contribution in [-0.4, -0.2) is 43.7 Å². The molecule has 0 spiro atoms. The van der Waals surface area contributed by atoms with Crippen LogP contribution in [0.4, 0.5) is 10.5 Å².